The first-order valence-electron chi connectivity index (χ1n) is 48.4. The highest BCUT2D eigenvalue weighted by Gasteiger charge is 2.52. The van der Waals surface area contributed by atoms with Crippen LogP contribution >= 0.6 is 45.3 Å². The minimum atomic E-state index is -0.0747. The van der Waals surface area contributed by atoms with Gasteiger partial charge in [0.05, 0.1) is 71.2 Å². The predicted molar refractivity (Wildman–Crippen MR) is 548 cm³/mol. The molecule has 10 nitrogen and oxygen atoms in total. The van der Waals surface area contributed by atoms with Crippen molar-refractivity contribution >= 4 is 152 Å². The zero-order chi connectivity index (χ0) is 89.2. The highest BCUT2D eigenvalue weighted by molar-refractivity contribution is 7.18. The quantitative estimate of drug-likeness (QED) is 0.0279. The van der Waals surface area contributed by atoms with Crippen LogP contribution < -0.4 is 4.90 Å². The number of fused-ring (bicyclic) bond motifs is 8. The van der Waals surface area contributed by atoms with Crippen LogP contribution in [0.1, 0.15) is 229 Å². The molecule has 4 atom stereocenters. The lowest BCUT2D eigenvalue weighted by atomic mass is 9.98. The number of anilines is 3. The molecule has 0 saturated carbocycles. The number of rotatable bonds is 44. The van der Waals surface area contributed by atoms with Crippen LogP contribution in [0.5, 0.6) is 0 Å². The topological polar surface area (TPSA) is 93.7 Å². The fourth-order valence-electron chi connectivity index (χ4n) is 19.9. The summed E-state index contributed by atoms with van der Waals surface area (Å²) in [6, 6.07) is 83.4. The molecule has 4 amide bonds. The van der Waals surface area contributed by atoms with Gasteiger partial charge in [-0.15, -0.1) is 45.3 Å². The van der Waals surface area contributed by atoms with Crippen molar-refractivity contribution < 1.29 is 23.9 Å². The van der Waals surface area contributed by atoms with Gasteiger partial charge in [-0.25, -0.2) is 0 Å². The van der Waals surface area contributed by atoms with Crippen LogP contribution in [0.25, 0.3) is 108 Å². The van der Waals surface area contributed by atoms with Crippen molar-refractivity contribution in [3.8, 4) is 41.8 Å². The third kappa shape index (κ3) is 18.9. The molecule has 0 saturated heterocycles. The van der Waals surface area contributed by atoms with Gasteiger partial charge in [0.25, 0.3) is 23.6 Å². The first kappa shape index (κ1) is 90.4. The van der Waals surface area contributed by atoms with Gasteiger partial charge in [0.2, 0.25) is 0 Å². The van der Waals surface area contributed by atoms with E-state index in [-0.39, 0.29) is 47.3 Å². The van der Waals surface area contributed by atoms with Gasteiger partial charge in [0, 0.05) is 69.4 Å². The van der Waals surface area contributed by atoms with E-state index in [1.807, 2.05) is 19.6 Å². The van der Waals surface area contributed by atoms with Crippen LogP contribution in [0, 0.1) is 23.7 Å². The van der Waals surface area contributed by atoms with Gasteiger partial charge in [-0.05, 0) is 224 Å². The number of carbonyl (C=O) groups excluding carboxylic acids is 4. The zero-order valence-electron chi connectivity index (χ0n) is 77.0. The minimum Gasteiger partial charge on any atom is -0.377 e. The molecule has 0 bridgehead atoms. The molecule has 4 aromatic heterocycles. The van der Waals surface area contributed by atoms with Gasteiger partial charge in [-0.3, -0.25) is 19.2 Å². The summed E-state index contributed by atoms with van der Waals surface area (Å²) in [5.74, 6) is 0.752. The lowest BCUT2D eigenvalue weighted by Crippen LogP contribution is -2.34. The Morgan fingerprint density at radius 2 is 0.566 bits per heavy atom. The number of hydrogen-bond acceptors (Lipinski definition) is 10. The molecule has 0 N–H and O–H groups in total. The van der Waals surface area contributed by atoms with Crippen LogP contribution in [0.15, 0.2) is 253 Å². The second-order valence-corrected chi connectivity index (χ2v) is 40.6. The first-order valence-corrected chi connectivity index (χ1v) is 51.7. The Balaban J connectivity index is 0.711. The molecule has 129 heavy (non-hydrogen) atoms. The Kier molecular flexibility index (Phi) is 29.2. The summed E-state index contributed by atoms with van der Waals surface area (Å²) < 4.78 is 6.30. The van der Waals surface area contributed by atoms with E-state index in [9.17, 15) is 0 Å². The lowest BCUT2D eigenvalue weighted by Gasteiger charge is -2.29. The number of ether oxygens (including phenoxy) is 1. The van der Waals surface area contributed by atoms with Crippen molar-refractivity contribution in [2.75, 3.05) is 37.7 Å². The number of nitrogens with zero attached hydrogens (tertiary/aromatic N) is 5. The smallest absolute Gasteiger partial charge is 0.261 e. The summed E-state index contributed by atoms with van der Waals surface area (Å²) in [5, 5.41) is 9.70. The highest BCUT2D eigenvalue weighted by atomic mass is 32.1. The van der Waals surface area contributed by atoms with Gasteiger partial charge in [-0.2, -0.15) is 0 Å². The minimum absolute atomic E-state index is 0.0747. The van der Waals surface area contributed by atoms with Crippen molar-refractivity contribution in [2.24, 2.45) is 23.7 Å². The number of carbonyl (C=O) groups is 4. The van der Waals surface area contributed by atoms with Gasteiger partial charge < -0.3 is 29.2 Å². The van der Waals surface area contributed by atoms with Crippen molar-refractivity contribution in [1.82, 2.24) is 19.6 Å². The Morgan fingerprint density at radius 3 is 0.907 bits per heavy atom. The fourth-order valence-corrected chi connectivity index (χ4v) is 24.2. The second kappa shape index (κ2) is 41.7. The predicted octanol–water partition coefficient (Wildman–Crippen LogP) is 32.0. The monoisotopic (exact) mass is 1780 g/mol. The Labute approximate surface area is 780 Å². The maximum Gasteiger partial charge on any atom is 0.261 e. The molecular formula is C115H125N5O5S4. The maximum atomic E-state index is 16.0. The molecule has 0 radical (unpaired) electrons. The normalized spacial score (nSPS) is 15.2. The average molecular weight is 1790 g/mol. The Hall–Kier alpha value is -10.6. The lowest BCUT2D eigenvalue weighted by molar-refractivity contribution is -0.124. The van der Waals surface area contributed by atoms with E-state index in [4.69, 9.17) is 4.74 Å². The van der Waals surface area contributed by atoms with Crippen LogP contribution in [-0.4, -0.2) is 76.0 Å². The van der Waals surface area contributed by atoms with Crippen LogP contribution in [0.4, 0.5) is 17.1 Å². The average Bonchev–Trinajstić information content (AvgIpc) is 1.55. The van der Waals surface area contributed by atoms with Crippen molar-refractivity contribution in [1.29, 1.82) is 0 Å². The second-order valence-electron chi connectivity index (χ2n) is 36.2. The molecular weight excluding hydrogens is 1660 g/mol. The summed E-state index contributed by atoms with van der Waals surface area (Å²) in [6.07, 6.45) is 23.6. The molecule has 13 aromatic rings. The summed E-state index contributed by atoms with van der Waals surface area (Å²) in [7, 11) is 0. The van der Waals surface area contributed by atoms with Crippen LogP contribution in [-0.2, 0) is 30.5 Å². The number of hydrogen-bond donors (Lipinski definition) is 0. The molecule has 9 aromatic carbocycles. The summed E-state index contributed by atoms with van der Waals surface area (Å²) in [4.78, 5) is 82.5. The summed E-state index contributed by atoms with van der Waals surface area (Å²) in [5.41, 5.74) is 13.6. The largest absolute Gasteiger partial charge is 0.377 e. The SMILES string of the molecule is CCCCCCCCOCc1ccc(N(c2ccc(-c3ccc(C4=C5C(=O)N(CC(CC)CCCC)C(c6ccc(-c7ccc8c(ccc9ccccc98)c7)s6)=C5C(=O)N4CC(CC)CCCC)s3)cc2)c2ccc(-c3ccc(C4=C5C(=O)N(CC(CC)CCCC)C(c6ccc(-c7ccc8c(ccc9ccccc98)c7)s6)=C5C(=O)N4CC(CC)CCCC)s3)cc2)cc1. The number of amides is 4. The van der Waals surface area contributed by atoms with Gasteiger partial charge in [0.15, 0.2) is 0 Å². The third-order valence-electron chi connectivity index (χ3n) is 27.6. The molecule has 0 spiro atoms. The van der Waals surface area contributed by atoms with E-state index in [1.165, 1.54) is 75.2 Å². The third-order valence-corrected chi connectivity index (χ3v) is 32.2. The van der Waals surface area contributed by atoms with E-state index in [0.29, 0.717) is 55.1 Å². The van der Waals surface area contributed by atoms with Crippen molar-refractivity contribution in [3.63, 3.8) is 0 Å². The van der Waals surface area contributed by atoms with E-state index >= 15 is 19.2 Å². The van der Waals surface area contributed by atoms with Gasteiger partial charge >= 0.3 is 0 Å². The maximum absolute atomic E-state index is 16.0. The molecule has 17 rings (SSSR count). The van der Waals surface area contributed by atoms with Crippen molar-refractivity contribution in [3.05, 3.63) is 278 Å². The standard InChI is InChI=1S/C115H125N5O5S4/c1-10-19-24-25-26-31-68-125-75-80-40-52-89(53-41-80)120(90-54-46-83(47-55-90)96-60-64-100(126-96)108-104-106(114(123)116(108)71-76(15-6)32-20-11-2)110(118(112(104)121)73-78(17-8)34-22-13-4)102-66-62-98(128-102)87-50-58-94-85(69-87)44-42-81-36-27-29-38-92(81)94)91-56-48-84(49-57-91)97-61-65-101(127-97)109-105-107(115(124)117(109)72-77(16-7)33-21-12-3)111(119(113(105)122)74-79(18-9)35-23-14-5)103-67-63-99(129-103)88-51-59-95-86(70-88)45-43-82-37-28-30-39-93(82)95/h27-30,36-67,69-70,76-79H,10-26,31-35,68,71-75H2,1-9H3. The zero-order valence-corrected chi connectivity index (χ0v) is 80.2. The molecule has 0 fully saturated rings. The molecule has 4 unspecified atom stereocenters. The fraction of sp³-hybridized carbons (Fsp3) is 0.357. The van der Waals surface area contributed by atoms with Crippen molar-refractivity contribution in [2.45, 2.75) is 210 Å². The molecule has 8 heterocycles. The molecule has 0 aliphatic carbocycles. The number of benzene rings is 9. The van der Waals surface area contributed by atoms with E-state index < -0.39 is 0 Å². The summed E-state index contributed by atoms with van der Waals surface area (Å²) in [6.45, 7) is 23.6. The van der Waals surface area contributed by atoms with Crippen LogP contribution in [0.2, 0.25) is 0 Å². The molecule has 664 valence electrons. The van der Waals surface area contributed by atoms with Gasteiger partial charge in [-0.1, -0.05) is 305 Å². The van der Waals surface area contributed by atoms with E-state index in [0.717, 1.165) is 222 Å². The summed E-state index contributed by atoms with van der Waals surface area (Å²) >= 11 is 6.68. The van der Waals surface area contributed by atoms with E-state index in [1.54, 1.807) is 45.3 Å². The van der Waals surface area contributed by atoms with Gasteiger partial charge in [0.1, 0.15) is 0 Å². The Morgan fingerprint density at radius 1 is 0.279 bits per heavy atom. The molecule has 14 heteroatoms. The van der Waals surface area contributed by atoms with Crippen LogP contribution in [0.3, 0.4) is 0 Å². The Bertz CT molecular complexity index is 6000. The highest BCUT2D eigenvalue weighted by Crippen LogP contribution is 2.55. The molecule has 4 aliphatic heterocycles. The van der Waals surface area contributed by atoms with E-state index in [2.05, 4.69) is 298 Å². The first-order chi connectivity index (χ1) is 63.2. The number of thiophene rings is 4. The number of unbranched alkanes of at least 4 members (excludes halogenated alkanes) is 9. The molecule has 4 aliphatic rings.